The van der Waals surface area contributed by atoms with E-state index in [1.54, 1.807) is 10.6 Å². The van der Waals surface area contributed by atoms with Gasteiger partial charge in [0.2, 0.25) is 5.91 Å². The second-order valence-electron chi connectivity index (χ2n) is 4.69. The molecule has 6 heteroatoms. The van der Waals surface area contributed by atoms with Gasteiger partial charge in [0.15, 0.2) is 0 Å². The average Bonchev–Trinajstić information content (AvgIpc) is 2.66. The van der Waals surface area contributed by atoms with E-state index in [-0.39, 0.29) is 18.0 Å². The van der Waals surface area contributed by atoms with Gasteiger partial charge in [0, 0.05) is 5.92 Å². The van der Waals surface area contributed by atoms with E-state index in [1.807, 2.05) is 13.8 Å². The number of amides is 1. The highest BCUT2D eigenvalue weighted by molar-refractivity contribution is 5.92. The van der Waals surface area contributed by atoms with Crippen molar-refractivity contribution in [2.75, 3.05) is 0 Å². The first-order valence-corrected chi connectivity index (χ1v) is 5.92. The molecule has 0 radical (unpaired) electrons. The Bertz CT molecular complexity index is 658. The zero-order valence-corrected chi connectivity index (χ0v) is 10.8. The van der Waals surface area contributed by atoms with Gasteiger partial charge in [-0.2, -0.15) is 0 Å². The molecular weight excluding hydrogens is 246 g/mol. The first kappa shape index (κ1) is 13.1. The van der Waals surface area contributed by atoms with Crippen LogP contribution in [0, 0.1) is 0 Å². The number of carbonyl (C=O) groups excluding carboxylic acids is 1. The summed E-state index contributed by atoms with van der Waals surface area (Å²) in [5.41, 5.74) is 6.69. The van der Waals surface area contributed by atoms with Gasteiger partial charge in [0.25, 0.3) is 0 Å². The molecule has 2 rings (SSSR count). The summed E-state index contributed by atoms with van der Waals surface area (Å²) in [6, 6.07) is 4.65. The number of carboxylic acid groups (broad SMARTS) is 1. The van der Waals surface area contributed by atoms with E-state index < -0.39 is 11.9 Å². The second-order valence-corrected chi connectivity index (χ2v) is 4.69. The number of nitrogens with two attached hydrogens (primary N) is 1. The van der Waals surface area contributed by atoms with Crippen molar-refractivity contribution in [3.63, 3.8) is 0 Å². The van der Waals surface area contributed by atoms with Crippen LogP contribution in [0.5, 0.6) is 0 Å². The van der Waals surface area contributed by atoms with Crippen molar-refractivity contribution in [1.82, 2.24) is 9.55 Å². The van der Waals surface area contributed by atoms with Crippen LogP contribution in [0.15, 0.2) is 18.2 Å². The van der Waals surface area contributed by atoms with Crippen LogP contribution in [0.1, 0.15) is 35.9 Å². The third-order valence-corrected chi connectivity index (χ3v) is 2.86. The van der Waals surface area contributed by atoms with Gasteiger partial charge in [-0.1, -0.05) is 13.8 Å². The number of benzene rings is 1. The van der Waals surface area contributed by atoms with Gasteiger partial charge >= 0.3 is 5.97 Å². The highest BCUT2D eigenvalue weighted by Gasteiger charge is 2.16. The summed E-state index contributed by atoms with van der Waals surface area (Å²) in [6.07, 6.45) is 0. The van der Waals surface area contributed by atoms with Gasteiger partial charge in [-0.05, 0) is 18.2 Å². The van der Waals surface area contributed by atoms with Crippen molar-refractivity contribution in [2.24, 2.45) is 5.73 Å². The minimum atomic E-state index is -1.00. The van der Waals surface area contributed by atoms with Gasteiger partial charge in [0.05, 0.1) is 16.6 Å². The highest BCUT2D eigenvalue weighted by Crippen LogP contribution is 2.22. The van der Waals surface area contributed by atoms with E-state index >= 15 is 0 Å². The smallest absolute Gasteiger partial charge is 0.335 e. The molecule has 0 aliphatic rings. The molecule has 0 fully saturated rings. The van der Waals surface area contributed by atoms with Crippen LogP contribution in [0.4, 0.5) is 0 Å². The van der Waals surface area contributed by atoms with Crippen molar-refractivity contribution in [3.8, 4) is 0 Å². The Hall–Kier alpha value is -2.37. The van der Waals surface area contributed by atoms with Crippen molar-refractivity contribution < 1.29 is 14.7 Å². The summed E-state index contributed by atoms with van der Waals surface area (Å²) in [5.74, 6) is -0.627. The number of hydrogen-bond donors (Lipinski definition) is 2. The van der Waals surface area contributed by atoms with Crippen LogP contribution in [-0.4, -0.2) is 26.5 Å². The number of fused-ring (bicyclic) bond motifs is 1. The molecule has 0 bridgehead atoms. The van der Waals surface area contributed by atoms with E-state index in [1.165, 1.54) is 12.1 Å². The van der Waals surface area contributed by atoms with E-state index in [0.29, 0.717) is 11.0 Å². The third kappa shape index (κ3) is 2.42. The summed E-state index contributed by atoms with van der Waals surface area (Å²) in [6.45, 7) is 3.95. The van der Waals surface area contributed by atoms with Crippen molar-refractivity contribution in [1.29, 1.82) is 0 Å². The predicted molar refractivity (Wildman–Crippen MR) is 70.0 cm³/mol. The van der Waals surface area contributed by atoms with Crippen molar-refractivity contribution in [3.05, 3.63) is 29.6 Å². The molecule has 0 saturated heterocycles. The lowest BCUT2D eigenvalue weighted by atomic mass is 10.2. The van der Waals surface area contributed by atoms with Gasteiger partial charge in [0.1, 0.15) is 12.4 Å². The fraction of sp³-hybridized carbons (Fsp3) is 0.308. The maximum absolute atomic E-state index is 11.1. The van der Waals surface area contributed by atoms with E-state index in [2.05, 4.69) is 4.98 Å². The number of imidazole rings is 1. The van der Waals surface area contributed by atoms with Gasteiger partial charge in [-0.15, -0.1) is 0 Å². The van der Waals surface area contributed by atoms with E-state index in [9.17, 15) is 9.59 Å². The molecule has 0 spiro atoms. The maximum atomic E-state index is 11.1. The van der Waals surface area contributed by atoms with Crippen molar-refractivity contribution >= 4 is 22.9 Å². The van der Waals surface area contributed by atoms with Crippen LogP contribution in [0.2, 0.25) is 0 Å². The minimum Gasteiger partial charge on any atom is -0.478 e. The number of primary amides is 1. The quantitative estimate of drug-likeness (QED) is 0.867. The summed E-state index contributed by atoms with van der Waals surface area (Å²) in [5, 5.41) is 8.97. The Balaban J connectivity index is 2.66. The highest BCUT2D eigenvalue weighted by atomic mass is 16.4. The van der Waals surface area contributed by atoms with E-state index in [0.717, 1.165) is 5.82 Å². The molecule has 0 aliphatic carbocycles. The Morgan fingerprint density at radius 2 is 2.11 bits per heavy atom. The Morgan fingerprint density at radius 1 is 1.42 bits per heavy atom. The lowest BCUT2D eigenvalue weighted by molar-refractivity contribution is -0.118. The topological polar surface area (TPSA) is 98.2 Å². The number of aromatic nitrogens is 2. The molecule has 1 aromatic carbocycles. The molecule has 2 aromatic rings. The SMILES string of the molecule is CC(C)c1nc2cc(C(=O)O)ccc2n1CC(N)=O. The molecule has 0 saturated carbocycles. The molecule has 3 N–H and O–H groups in total. The zero-order valence-electron chi connectivity index (χ0n) is 10.8. The monoisotopic (exact) mass is 261 g/mol. The number of nitrogens with zero attached hydrogens (tertiary/aromatic N) is 2. The third-order valence-electron chi connectivity index (χ3n) is 2.86. The van der Waals surface area contributed by atoms with Crippen LogP contribution in [-0.2, 0) is 11.3 Å². The molecule has 0 unspecified atom stereocenters. The molecule has 19 heavy (non-hydrogen) atoms. The summed E-state index contributed by atoms with van der Waals surface area (Å²) < 4.78 is 1.73. The Kier molecular flexibility index (Phi) is 3.25. The molecular formula is C13H15N3O3. The molecule has 1 heterocycles. The number of carboxylic acids is 1. The first-order valence-electron chi connectivity index (χ1n) is 5.92. The number of carbonyl (C=O) groups is 2. The largest absolute Gasteiger partial charge is 0.478 e. The standard InChI is InChI=1S/C13H15N3O3/c1-7(2)12-15-9-5-8(13(18)19)3-4-10(9)16(12)6-11(14)17/h3-5,7H,6H2,1-2H3,(H2,14,17)(H,18,19). The van der Waals surface area contributed by atoms with Gasteiger partial charge < -0.3 is 15.4 Å². The summed E-state index contributed by atoms with van der Waals surface area (Å²) in [4.78, 5) is 26.5. The van der Waals surface area contributed by atoms with Crippen molar-refractivity contribution in [2.45, 2.75) is 26.3 Å². The molecule has 0 atom stereocenters. The maximum Gasteiger partial charge on any atom is 0.335 e. The van der Waals surface area contributed by atoms with Crippen LogP contribution >= 0.6 is 0 Å². The average molecular weight is 261 g/mol. The molecule has 0 aliphatic heterocycles. The normalized spacial score (nSPS) is 11.1. The molecule has 1 aromatic heterocycles. The number of hydrogen-bond acceptors (Lipinski definition) is 3. The van der Waals surface area contributed by atoms with Crippen LogP contribution in [0.3, 0.4) is 0 Å². The number of rotatable bonds is 4. The lowest BCUT2D eigenvalue weighted by Crippen LogP contribution is -2.20. The molecule has 100 valence electrons. The summed E-state index contributed by atoms with van der Waals surface area (Å²) >= 11 is 0. The molecule has 1 amide bonds. The van der Waals surface area contributed by atoms with Gasteiger partial charge in [-0.25, -0.2) is 9.78 Å². The fourth-order valence-corrected chi connectivity index (χ4v) is 2.04. The molecule has 6 nitrogen and oxygen atoms in total. The number of aromatic carboxylic acids is 1. The summed E-state index contributed by atoms with van der Waals surface area (Å²) in [7, 11) is 0. The Morgan fingerprint density at radius 3 is 2.63 bits per heavy atom. The fourth-order valence-electron chi connectivity index (χ4n) is 2.04. The van der Waals surface area contributed by atoms with Gasteiger partial charge in [-0.3, -0.25) is 4.79 Å². The first-order chi connectivity index (χ1) is 8.90. The van der Waals surface area contributed by atoms with Crippen LogP contribution < -0.4 is 5.73 Å². The Labute approximate surface area is 109 Å². The van der Waals surface area contributed by atoms with E-state index in [4.69, 9.17) is 10.8 Å². The minimum absolute atomic E-state index is 0.0381. The zero-order chi connectivity index (χ0) is 14.2. The lowest BCUT2D eigenvalue weighted by Gasteiger charge is -2.09. The predicted octanol–water partition coefficient (Wildman–Crippen LogP) is 1.34. The van der Waals surface area contributed by atoms with Crippen LogP contribution in [0.25, 0.3) is 11.0 Å². The second kappa shape index (κ2) is 4.72.